The number of ketones is 2. The number of phenols is 1. The van der Waals surface area contributed by atoms with Gasteiger partial charge in [-0.15, -0.1) is 0 Å². The van der Waals surface area contributed by atoms with E-state index in [4.69, 9.17) is 10.5 Å². The molecule has 0 spiro atoms. The van der Waals surface area contributed by atoms with Crippen molar-refractivity contribution >= 4 is 23.8 Å². The Morgan fingerprint density at radius 2 is 1.82 bits per heavy atom. The Morgan fingerprint density at radius 1 is 1.12 bits per heavy atom. The average Bonchev–Trinajstić information content (AvgIpc) is 2.90. The van der Waals surface area contributed by atoms with E-state index in [9.17, 15) is 39.6 Å². The first-order valence-electron chi connectivity index (χ1n) is 12.5. The number of hydrogen-bond donors (Lipinski definition) is 5. The van der Waals surface area contributed by atoms with Gasteiger partial charge in [0.2, 0.25) is 5.78 Å². The van der Waals surface area contributed by atoms with Crippen LogP contribution in [0.5, 0.6) is 11.5 Å². The van der Waals surface area contributed by atoms with Crippen molar-refractivity contribution in [2.75, 3.05) is 21.2 Å². The van der Waals surface area contributed by atoms with Crippen LogP contribution in [0.4, 0.5) is 0 Å². The molecule has 11 heteroatoms. The highest BCUT2D eigenvalue weighted by Gasteiger charge is 2.63. The largest absolute Gasteiger partial charge is 0.510 e. The van der Waals surface area contributed by atoms with Gasteiger partial charge in [0.25, 0.3) is 5.91 Å². The maximum atomic E-state index is 13.9. The molecule has 0 aliphatic heterocycles. The Kier molecular flexibility index (Phi) is 6.31. The Bertz CT molecular complexity index is 1570. The SMILES string of the molecule is COc1ccc(C=O)cc1-c1ccc(O)c2c1C[C@H]1C[C@H]3[C@@H](N(C)C)C(O)=C(C(N)=O)C(=O)[C@@]3(O)C(O)=C1C2=O. The number of ether oxygens (including phenoxy) is 1. The van der Waals surface area contributed by atoms with Gasteiger partial charge in [0.15, 0.2) is 11.4 Å². The lowest BCUT2D eigenvalue weighted by atomic mass is 9.58. The zero-order chi connectivity index (χ0) is 29.3. The number of benzene rings is 2. The fourth-order valence-corrected chi connectivity index (χ4v) is 6.51. The summed E-state index contributed by atoms with van der Waals surface area (Å²) in [6.07, 6.45) is 0.739. The van der Waals surface area contributed by atoms with Crippen LogP contribution in [0.2, 0.25) is 0 Å². The third kappa shape index (κ3) is 3.58. The van der Waals surface area contributed by atoms with Crippen molar-refractivity contribution in [3.63, 3.8) is 0 Å². The molecule has 208 valence electrons. The van der Waals surface area contributed by atoms with Gasteiger partial charge >= 0.3 is 0 Å². The van der Waals surface area contributed by atoms with E-state index in [-0.39, 0.29) is 29.7 Å². The number of nitrogens with zero attached hydrogens (tertiary/aromatic N) is 1. The average molecular weight is 549 g/mol. The highest BCUT2D eigenvalue weighted by molar-refractivity contribution is 6.25. The number of aldehydes is 1. The molecule has 0 fully saturated rings. The van der Waals surface area contributed by atoms with Gasteiger partial charge in [0, 0.05) is 22.6 Å². The number of Topliss-reactive ketones (excluding diaryl/α,β-unsaturated/α-hetero) is 2. The van der Waals surface area contributed by atoms with Gasteiger partial charge in [-0.25, -0.2) is 0 Å². The second-order valence-corrected chi connectivity index (χ2v) is 10.5. The number of primary amides is 1. The summed E-state index contributed by atoms with van der Waals surface area (Å²) in [6, 6.07) is 6.61. The molecule has 0 saturated heterocycles. The second-order valence-electron chi connectivity index (χ2n) is 10.5. The second kappa shape index (κ2) is 9.32. The van der Waals surface area contributed by atoms with Gasteiger partial charge in [-0.1, -0.05) is 6.07 Å². The number of hydrogen-bond acceptors (Lipinski definition) is 10. The molecule has 1 amide bonds. The monoisotopic (exact) mass is 548 g/mol. The van der Waals surface area contributed by atoms with Crippen LogP contribution >= 0.6 is 0 Å². The Balaban J connectivity index is 1.74. The summed E-state index contributed by atoms with van der Waals surface area (Å²) in [7, 11) is 4.59. The topological polar surface area (TPSA) is 188 Å². The molecule has 0 saturated carbocycles. The van der Waals surface area contributed by atoms with E-state index in [1.165, 1.54) is 18.1 Å². The molecule has 11 nitrogen and oxygen atoms in total. The smallest absolute Gasteiger partial charge is 0.255 e. The number of allylic oxidation sites excluding steroid dienone is 1. The van der Waals surface area contributed by atoms with Crippen LogP contribution in [-0.4, -0.2) is 81.9 Å². The number of carbonyl (C=O) groups is 4. The molecule has 4 atom stereocenters. The number of fused-ring (bicyclic) bond motifs is 3. The van der Waals surface area contributed by atoms with Crippen LogP contribution in [0.3, 0.4) is 0 Å². The summed E-state index contributed by atoms with van der Waals surface area (Å²) in [4.78, 5) is 52.4. The highest BCUT2D eigenvalue weighted by atomic mass is 16.5. The number of aromatic hydroxyl groups is 1. The van der Waals surface area contributed by atoms with Crippen molar-refractivity contribution in [3.05, 3.63) is 69.7 Å². The molecular formula is C29H28N2O9. The number of phenolic OH excluding ortho intramolecular Hbond substituents is 1. The molecule has 0 bridgehead atoms. The lowest BCUT2D eigenvalue weighted by Crippen LogP contribution is -2.63. The summed E-state index contributed by atoms with van der Waals surface area (Å²) < 4.78 is 5.49. The molecule has 3 aliphatic carbocycles. The van der Waals surface area contributed by atoms with Crippen molar-refractivity contribution in [2.24, 2.45) is 17.6 Å². The number of aliphatic hydroxyl groups excluding tert-OH is 2. The molecule has 40 heavy (non-hydrogen) atoms. The van der Waals surface area contributed by atoms with Crippen molar-refractivity contribution in [1.29, 1.82) is 0 Å². The minimum absolute atomic E-state index is 0.0353. The number of nitrogens with two attached hydrogens (primary N) is 1. The van der Waals surface area contributed by atoms with Crippen molar-refractivity contribution < 1.29 is 44.3 Å². The maximum Gasteiger partial charge on any atom is 0.255 e. The Hall–Kier alpha value is -4.48. The van der Waals surface area contributed by atoms with Gasteiger partial charge in [-0.3, -0.25) is 24.1 Å². The molecule has 0 aromatic heterocycles. The summed E-state index contributed by atoms with van der Waals surface area (Å²) in [6.45, 7) is 0. The van der Waals surface area contributed by atoms with E-state index < -0.39 is 58.0 Å². The number of aliphatic hydroxyl groups is 3. The van der Waals surface area contributed by atoms with Gasteiger partial charge in [0.05, 0.1) is 18.7 Å². The van der Waals surface area contributed by atoms with E-state index in [0.29, 0.717) is 34.3 Å². The zero-order valence-electron chi connectivity index (χ0n) is 22.0. The quantitative estimate of drug-likeness (QED) is 0.271. The number of carbonyl (C=O) groups excluding carboxylic acids is 4. The summed E-state index contributed by atoms with van der Waals surface area (Å²) in [5.74, 6) is -6.76. The minimum Gasteiger partial charge on any atom is -0.510 e. The van der Waals surface area contributed by atoms with Gasteiger partial charge in [-0.05, 0) is 68.2 Å². The minimum atomic E-state index is -2.71. The third-order valence-electron chi connectivity index (χ3n) is 8.26. The molecule has 5 rings (SSSR count). The molecule has 0 heterocycles. The molecule has 3 aliphatic rings. The summed E-state index contributed by atoms with van der Waals surface area (Å²) in [5.41, 5.74) is 3.23. The van der Waals surface area contributed by atoms with E-state index in [2.05, 4.69) is 0 Å². The first kappa shape index (κ1) is 27.1. The maximum absolute atomic E-state index is 13.9. The third-order valence-corrected chi connectivity index (χ3v) is 8.26. The van der Waals surface area contributed by atoms with Crippen LogP contribution in [0.1, 0.15) is 32.7 Å². The van der Waals surface area contributed by atoms with E-state index >= 15 is 0 Å². The predicted molar refractivity (Wildman–Crippen MR) is 141 cm³/mol. The van der Waals surface area contributed by atoms with E-state index in [0.717, 1.165) is 0 Å². The standard InChI is InChI=1S/C29H28N2O9/c1-31(2)23-17-10-13-9-16-14(15-8-12(11-32)4-7-19(15)40-3)5-6-18(33)21(16)24(34)20(13)26(36)29(17,39)27(37)22(25(23)35)28(30)38/h4-8,11,13,17,23,33,35-36,39H,9-10H2,1-3H3,(H2,30,38)/t13-,17-,23+,29-/m0/s1. The Labute approximate surface area is 228 Å². The number of methoxy groups -OCH3 is 1. The highest BCUT2D eigenvalue weighted by Crippen LogP contribution is 2.53. The van der Waals surface area contributed by atoms with Crippen LogP contribution < -0.4 is 10.5 Å². The number of rotatable bonds is 5. The fourth-order valence-electron chi connectivity index (χ4n) is 6.51. The van der Waals surface area contributed by atoms with Crippen molar-refractivity contribution in [2.45, 2.75) is 24.5 Å². The lowest BCUT2D eigenvalue weighted by molar-refractivity contribution is -0.148. The number of amides is 1. The molecule has 0 unspecified atom stereocenters. The molecular weight excluding hydrogens is 520 g/mol. The Morgan fingerprint density at radius 3 is 2.42 bits per heavy atom. The van der Waals surface area contributed by atoms with Crippen molar-refractivity contribution in [3.8, 4) is 22.6 Å². The molecule has 0 radical (unpaired) electrons. The van der Waals surface area contributed by atoms with Crippen LogP contribution in [0.25, 0.3) is 11.1 Å². The van der Waals surface area contributed by atoms with Gasteiger partial charge in [-0.2, -0.15) is 0 Å². The van der Waals surface area contributed by atoms with Crippen molar-refractivity contribution in [1.82, 2.24) is 4.90 Å². The fraction of sp³-hybridized carbons (Fsp3) is 0.310. The first-order valence-corrected chi connectivity index (χ1v) is 12.5. The first-order chi connectivity index (χ1) is 18.9. The van der Waals surface area contributed by atoms with E-state index in [1.807, 2.05) is 0 Å². The zero-order valence-corrected chi connectivity index (χ0v) is 22.0. The molecule has 2 aromatic rings. The number of likely N-dealkylation sites (N-methyl/N-ethyl adjacent to an activating group) is 1. The van der Waals surface area contributed by atoms with Crippen LogP contribution in [0, 0.1) is 11.8 Å². The molecule has 6 N–H and O–H groups in total. The lowest BCUT2D eigenvalue weighted by Gasteiger charge is -2.50. The normalized spacial score (nSPS) is 25.9. The predicted octanol–water partition coefficient (Wildman–Crippen LogP) is 1.61. The van der Waals surface area contributed by atoms with Crippen LogP contribution in [-0.2, 0) is 16.0 Å². The van der Waals surface area contributed by atoms with Gasteiger partial charge in [0.1, 0.15) is 34.9 Å². The summed E-state index contributed by atoms with van der Waals surface area (Å²) in [5, 5.41) is 44.8. The molecule has 2 aromatic carbocycles. The van der Waals surface area contributed by atoms with E-state index in [1.54, 1.807) is 38.4 Å². The van der Waals surface area contributed by atoms with Crippen LogP contribution in [0.15, 0.2) is 53.0 Å². The van der Waals surface area contributed by atoms with Gasteiger partial charge < -0.3 is 30.9 Å². The summed E-state index contributed by atoms with van der Waals surface area (Å²) >= 11 is 0.